The summed E-state index contributed by atoms with van der Waals surface area (Å²) in [6.45, 7) is 7.18. The van der Waals surface area contributed by atoms with Crippen LogP contribution in [0.25, 0.3) is 0 Å². The fourth-order valence-corrected chi connectivity index (χ4v) is 2.50. The van der Waals surface area contributed by atoms with E-state index in [2.05, 4.69) is 30.9 Å². The smallest absolute Gasteiger partial charge is 0.119 e. The Morgan fingerprint density at radius 3 is 2.72 bits per heavy atom. The predicted octanol–water partition coefficient (Wildman–Crippen LogP) is 2.19. The zero-order valence-corrected chi connectivity index (χ0v) is 11.4. The molecule has 1 heterocycles. The predicted molar refractivity (Wildman–Crippen MR) is 74.9 cm³/mol. The largest absolute Gasteiger partial charge is 0.492 e. The van der Waals surface area contributed by atoms with Gasteiger partial charge in [0.15, 0.2) is 0 Å². The summed E-state index contributed by atoms with van der Waals surface area (Å²) in [5.41, 5.74) is 7.23. The van der Waals surface area contributed by atoms with Gasteiger partial charge in [0.2, 0.25) is 0 Å². The topological polar surface area (TPSA) is 38.5 Å². The standard InChI is InChI=1S/C15H24N2O/c1-12-3-5-15(6-4-12)18-10-9-17-8-7-14(16)11-13(17)2/h3-6,13-14H,7-11,16H2,1-2H3. The van der Waals surface area contributed by atoms with Crippen LogP contribution in [0.2, 0.25) is 0 Å². The molecule has 2 rings (SSSR count). The molecule has 0 spiro atoms. The zero-order valence-electron chi connectivity index (χ0n) is 11.4. The Labute approximate surface area is 110 Å². The highest BCUT2D eigenvalue weighted by atomic mass is 16.5. The van der Waals surface area contributed by atoms with Crippen molar-refractivity contribution in [1.29, 1.82) is 0 Å². The summed E-state index contributed by atoms with van der Waals surface area (Å²) < 4.78 is 5.77. The second-order valence-electron chi connectivity index (χ2n) is 5.33. The molecule has 0 saturated carbocycles. The summed E-state index contributed by atoms with van der Waals surface area (Å²) in [6, 6.07) is 9.19. The van der Waals surface area contributed by atoms with Crippen molar-refractivity contribution in [1.82, 2.24) is 4.90 Å². The fraction of sp³-hybridized carbons (Fsp3) is 0.600. The minimum Gasteiger partial charge on any atom is -0.492 e. The highest BCUT2D eigenvalue weighted by molar-refractivity contribution is 5.26. The molecule has 0 aliphatic carbocycles. The maximum absolute atomic E-state index is 5.96. The van der Waals surface area contributed by atoms with Crippen LogP contribution in [-0.2, 0) is 0 Å². The highest BCUT2D eigenvalue weighted by Gasteiger charge is 2.22. The van der Waals surface area contributed by atoms with Gasteiger partial charge in [-0.15, -0.1) is 0 Å². The molecule has 0 radical (unpaired) electrons. The van der Waals surface area contributed by atoms with Gasteiger partial charge in [-0.25, -0.2) is 0 Å². The van der Waals surface area contributed by atoms with Crippen molar-refractivity contribution >= 4 is 0 Å². The Kier molecular flexibility index (Phi) is 4.61. The molecule has 0 bridgehead atoms. The van der Waals surface area contributed by atoms with Gasteiger partial charge < -0.3 is 10.5 Å². The van der Waals surface area contributed by atoms with Crippen LogP contribution >= 0.6 is 0 Å². The van der Waals surface area contributed by atoms with E-state index < -0.39 is 0 Å². The van der Waals surface area contributed by atoms with Gasteiger partial charge in [0.25, 0.3) is 0 Å². The van der Waals surface area contributed by atoms with E-state index in [1.807, 2.05) is 12.1 Å². The third-order valence-corrected chi connectivity index (χ3v) is 3.72. The minimum atomic E-state index is 0.384. The molecule has 0 amide bonds. The van der Waals surface area contributed by atoms with E-state index in [1.165, 1.54) is 5.56 Å². The molecule has 1 aliphatic heterocycles. The van der Waals surface area contributed by atoms with E-state index in [0.717, 1.165) is 38.3 Å². The first-order valence-corrected chi connectivity index (χ1v) is 6.84. The number of nitrogens with two attached hydrogens (primary N) is 1. The molecule has 1 fully saturated rings. The number of hydrogen-bond donors (Lipinski definition) is 1. The summed E-state index contributed by atoms with van der Waals surface area (Å²) in [4.78, 5) is 2.47. The van der Waals surface area contributed by atoms with Gasteiger partial charge in [-0.2, -0.15) is 0 Å². The van der Waals surface area contributed by atoms with E-state index in [1.54, 1.807) is 0 Å². The SMILES string of the molecule is Cc1ccc(OCCN2CCC(N)CC2C)cc1. The third-order valence-electron chi connectivity index (χ3n) is 3.72. The molecule has 3 heteroatoms. The lowest BCUT2D eigenvalue weighted by molar-refractivity contribution is 0.123. The van der Waals surface area contributed by atoms with Gasteiger partial charge in [0, 0.05) is 25.2 Å². The average molecular weight is 248 g/mol. The van der Waals surface area contributed by atoms with Crippen molar-refractivity contribution in [2.75, 3.05) is 19.7 Å². The van der Waals surface area contributed by atoms with Gasteiger partial charge in [-0.1, -0.05) is 17.7 Å². The molecule has 1 aromatic rings. The number of benzene rings is 1. The van der Waals surface area contributed by atoms with Crippen molar-refractivity contribution in [2.45, 2.75) is 38.8 Å². The van der Waals surface area contributed by atoms with Crippen molar-refractivity contribution in [3.63, 3.8) is 0 Å². The second kappa shape index (κ2) is 6.21. The Morgan fingerprint density at radius 2 is 2.06 bits per heavy atom. The highest BCUT2D eigenvalue weighted by Crippen LogP contribution is 2.16. The quantitative estimate of drug-likeness (QED) is 0.887. The lowest BCUT2D eigenvalue weighted by Gasteiger charge is -2.36. The molecule has 2 unspecified atom stereocenters. The second-order valence-corrected chi connectivity index (χ2v) is 5.33. The van der Waals surface area contributed by atoms with Crippen LogP contribution in [0.4, 0.5) is 0 Å². The van der Waals surface area contributed by atoms with Crippen molar-refractivity contribution < 1.29 is 4.74 Å². The molecule has 1 aromatic carbocycles. The molecule has 0 aromatic heterocycles. The van der Waals surface area contributed by atoms with Crippen LogP contribution in [0.1, 0.15) is 25.3 Å². The van der Waals surface area contributed by atoms with Crippen molar-refractivity contribution in [2.24, 2.45) is 5.73 Å². The average Bonchev–Trinajstić information content (AvgIpc) is 2.34. The first-order valence-electron chi connectivity index (χ1n) is 6.84. The lowest BCUT2D eigenvalue weighted by Crippen LogP contribution is -2.46. The molecule has 1 aliphatic rings. The van der Waals surface area contributed by atoms with Crippen LogP contribution in [0.5, 0.6) is 5.75 Å². The Balaban J connectivity index is 1.73. The number of ether oxygens (including phenoxy) is 1. The van der Waals surface area contributed by atoms with E-state index in [9.17, 15) is 0 Å². The molecule has 2 atom stereocenters. The molecule has 1 saturated heterocycles. The van der Waals surface area contributed by atoms with Crippen LogP contribution < -0.4 is 10.5 Å². The summed E-state index contributed by atoms with van der Waals surface area (Å²) >= 11 is 0. The molecule has 2 N–H and O–H groups in total. The number of aryl methyl sites for hydroxylation is 1. The summed E-state index contributed by atoms with van der Waals surface area (Å²) in [5, 5.41) is 0. The van der Waals surface area contributed by atoms with Gasteiger partial charge in [-0.05, 0) is 38.8 Å². The van der Waals surface area contributed by atoms with Crippen molar-refractivity contribution in [3.8, 4) is 5.75 Å². The maximum atomic E-state index is 5.96. The number of nitrogens with zero attached hydrogens (tertiary/aromatic N) is 1. The first kappa shape index (κ1) is 13.4. The van der Waals surface area contributed by atoms with Gasteiger partial charge >= 0.3 is 0 Å². The monoisotopic (exact) mass is 248 g/mol. The molecule has 100 valence electrons. The van der Waals surface area contributed by atoms with E-state index in [-0.39, 0.29) is 0 Å². The molecule has 18 heavy (non-hydrogen) atoms. The van der Waals surface area contributed by atoms with Crippen LogP contribution in [0.3, 0.4) is 0 Å². The van der Waals surface area contributed by atoms with Crippen LogP contribution in [0.15, 0.2) is 24.3 Å². The summed E-state index contributed by atoms with van der Waals surface area (Å²) in [6.07, 6.45) is 2.21. The van der Waals surface area contributed by atoms with E-state index in [4.69, 9.17) is 10.5 Å². The van der Waals surface area contributed by atoms with Crippen LogP contribution in [0, 0.1) is 6.92 Å². The zero-order chi connectivity index (χ0) is 13.0. The normalized spacial score (nSPS) is 25.1. The van der Waals surface area contributed by atoms with Gasteiger partial charge in [-0.3, -0.25) is 4.90 Å². The number of likely N-dealkylation sites (tertiary alicyclic amines) is 1. The molecular weight excluding hydrogens is 224 g/mol. The van der Waals surface area contributed by atoms with Crippen molar-refractivity contribution in [3.05, 3.63) is 29.8 Å². The minimum absolute atomic E-state index is 0.384. The fourth-order valence-electron chi connectivity index (χ4n) is 2.50. The van der Waals surface area contributed by atoms with E-state index in [0.29, 0.717) is 12.1 Å². The van der Waals surface area contributed by atoms with Gasteiger partial charge in [0.1, 0.15) is 12.4 Å². The number of rotatable bonds is 4. The molecule has 3 nitrogen and oxygen atoms in total. The van der Waals surface area contributed by atoms with E-state index >= 15 is 0 Å². The maximum Gasteiger partial charge on any atom is 0.119 e. The third kappa shape index (κ3) is 3.72. The Morgan fingerprint density at radius 1 is 1.33 bits per heavy atom. The Bertz CT molecular complexity index is 363. The Hall–Kier alpha value is -1.06. The number of piperidine rings is 1. The van der Waals surface area contributed by atoms with Gasteiger partial charge in [0.05, 0.1) is 0 Å². The first-order chi connectivity index (χ1) is 8.65. The molecular formula is C15H24N2O. The summed E-state index contributed by atoms with van der Waals surface area (Å²) in [5.74, 6) is 0.960. The van der Waals surface area contributed by atoms with Crippen LogP contribution in [-0.4, -0.2) is 36.7 Å². The number of hydrogen-bond acceptors (Lipinski definition) is 3. The summed E-state index contributed by atoms with van der Waals surface area (Å²) in [7, 11) is 0. The lowest BCUT2D eigenvalue weighted by atomic mass is 9.99.